The number of hydrogen-bond donors (Lipinski definition) is 3. The Kier molecular flexibility index (Phi) is 6.06. The maximum absolute atomic E-state index is 11.9. The highest BCUT2D eigenvalue weighted by atomic mass is 32.1. The predicted molar refractivity (Wildman–Crippen MR) is 75.9 cm³/mol. The maximum Gasteiger partial charge on any atom is 0.262 e. The summed E-state index contributed by atoms with van der Waals surface area (Å²) >= 11 is 1.28. The molecule has 5 nitrogen and oxygen atoms in total. The summed E-state index contributed by atoms with van der Waals surface area (Å²) < 4.78 is 0. The van der Waals surface area contributed by atoms with Gasteiger partial charge in [-0.3, -0.25) is 9.59 Å². The standard InChI is InChI=1S/C13H17N3O2S/c1-3-15-12(17)9(2)16-13(18)11-7-6-10(19-11)5-4-8-14/h6-7,9H,3,8,14H2,1-2H3,(H,15,17)(H,16,18). The second kappa shape index (κ2) is 7.56. The molecule has 0 bridgehead atoms. The van der Waals surface area contributed by atoms with Gasteiger partial charge in [0.1, 0.15) is 6.04 Å². The number of nitrogens with one attached hydrogen (secondary N) is 2. The summed E-state index contributed by atoms with van der Waals surface area (Å²) in [6.45, 7) is 4.30. The molecule has 102 valence electrons. The van der Waals surface area contributed by atoms with Gasteiger partial charge in [0.25, 0.3) is 5.91 Å². The zero-order valence-electron chi connectivity index (χ0n) is 10.9. The number of likely N-dealkylation sites (N-methyl/N-ethyl adjacent to an activating group) is 1. The van der Waals surface area contributed by atoms with Crippen LogP contribution in [-0.2, 0) is 4.79 Å². The van der Waals surface area contributed by atoms with E-state index in [1.54, 1.807) is 19.1 Å². The summed E-state index contributed by atoms with van der Waals surface area (Å²) in [7, 11) is 0. The fourth-order valence-corrected chi connectivity index (χ4v) is 2.11. The summed E-state index contributed by atoms with van der Waals surface area (Å²) in [5.74, 6) is 5.11. The van der Waals surface area contributed by atoms with Gasteiger partial charge in [0, 0.05) is 6.54 Å². The van der Waals surface area contributed by atoms with Crippen LogP contribution in [0.15, 0.2) is 12.1 Å². The van der Waals surface area contributed by atoms with Gasteiger partial charge in [-0.2, -0.15) is 0 Å². The van der Waals surface area contributed by atoms with E-state index in [0.717, 1.165) is 4.88 Å². The lowest BCUT2D eigenvalue weighted by Crippen LogP contribution is -2.44. The molecule has 0 spiro atoms. The quantitative estimate of drug-likeness (QED) is 0.694. The van der Waals surface area contributed by atoms with E-state index in [9.17, 15) is 9.59 Å². The molecule has 19 heavy (non-hydrogen) atoms. The molecule has 6 heteroatoms. The molecule has 1 atom stereocenters. The Bertz CT molecular complexity index is 513. The average Bonchev–Trinajstić information content (AvgIpc) is 2.85. The van der Waals surface area contributed by atoms with E-state index in [2.05, 4.69) is 22.5 Å². The van der Waals surface area contributed by atoms with Crippen molar-refractivity contribution < 1.29 is 9.59 Å². The van der Waals surface area contributed by atoms with Gasteiger partial charge in [0.2, 0.25) is 5.91 Å². The van der Waals surface area contributed by atoms with Crippen molar-refractivity contribution in [3.63, 3.8) is 0 Å². The van der Waals surface area contributed by atoms with Crippen molar-refractivity contribution in [3.05, 3.63) is 21.9 Å². The Morgan fingerprint density at radius 1 is 1.47 bits per heavy atom. The highest BCUT2D eigenvalue weighted by Crippen LogP contribution is 2.15. The molecular formula is C13H17N3O2S. The minimum Gasteiger partial charge on any atom is -0.355 e. The molecule has 0 aliphatic rings. The van der Waals surface area contributed by atoms with E-state index < -0.39 is 6.04 Å². The van der Waals surface area contributed by atoms with Crippen molar-refractivity contribution in [1.29, 1.82) is 0 Å². The third-order valence-electron chi connectivity index (χ3n) is 2.24. The molecule has 0 saturated carbocycles. The Morgan fingerprint density at radius 3 is 2.84 bits per heavy atom. The molecule has 0 aromatic carbocycles. The Labute approximate surface area is 116 Å². The molecule has 0 aliphatic heterocycles. The lowest BCUT2D eigenvalue weighted by atomic mass is 10.3. The van der Waals surface area contributed by atoms with Gasteiger partial charge in [-0.25, -0.2) is 0 Å². The first-order valence-corrected chi connectivity index (χ1v) is 6.77. The SMILES string of the molecule is CCNC(=O)C(C)NC(=O)c1ccc(C#CCN)s1. The number of amides is 2. The van der Waals surface area contributed by atoms with Crippen molar-refractivity contribution >= 4 is 23.2 Å². The van der Waals surface area contributed by atoms with Crippen LogP contribution in [0.3, 0.4) is 0 Å². The van der Waals surface area contributed by atoms with Gasteiger partial charge < -0.3 is 16.4 Å². The normalized spacial score (nSPS) is 11.1. The topological polar surface area (TPSA) is 84.2 Å². The van der Waals surface area contributed by atoms with Gasteiger partial charge in [0.15, 0.2) is 0 Å². The van der Waals surface area contributed by atoms with Crippen LogP contribution in [-0.4, -0.2) is 30.9 Å². The highest BCUT2D eigenvalue weighted by Gasteiger charge is 2.16. The lowest BCUT2D eigenvalue weighted by molar-refractivity contribution is -0.122. The van der Waals surface area contributed by atoms with Crippen LogP contribution in [0.5, 0.6) is 0 Å². The number of rotatable bonds is 4. The van der Waals surface area contributed by atoms with Crippen molar-refractivity contribution in [3.8, 4) is 11.8 Å². The average molecular weight is 279 g/mol. The molecule has 4 N–H and O–H groups in total. The second-order valence-corrected chi connectivity index (χ2v) is 4.84. The van der Waals surface area contributed by atoms with Crippen molar-refractivity contribution in [2.75, 3.05) is 13.1 Å². The monoisotopic (exact) mass is 279 g/mol. The van der Waals surface area contributed by atoms with Crippen LogP contribution >= 0.6 is 11.3 Å². The third-order valence-corrected chi connectivity index (χ3v) is 3.23. The number of nitrogens with two attached hydrogens (primary N) is 1. The molecule has 1 aromatic heterocycles. The van der Waals surface area contributed by atoms with E-state index in [0.29, 0.717) is 11.4 Å². The molecule has 0 fully saturated rings. The molecule has 2 amide bonds. The van der Waals surface area contributed by atoms with E-state index in [4.69, 9.17) is 5.73 Å². The fraction of sp³-hybridized carbons (Fsp3) is 0.385. The third kappa shape index (κ3) is 4.73. The minimum atomic E-state index is -0.562. The van der Waals surface area contributed by atoms with E-state index in [-0.39, 0.29) is 18.4 Å². The smallest absolute Gasteiger partial charge is 0.262 e. The molecule has 1 aromatic rings. The van der Waals surface area contributed by atoms with Crippen LogP contribution in [0, 0.1) is 11.8 Å². The van der Waals surface area contributed by atoms with Gasteiger partial charge in [-0.15, -0.1) is 11.3 Å². The minimum absolute atomic E-state index is 0.199. The molecule has 0 radical (unpaired) electrons. The van der Waals surface area contributed by atoms with Gasteiger partial charge in [-0.05, 0) is 26.0 Å². The lowest BCUT2D eigenvalue weighted by Gasteiger charge is -2.12. The first-order chi connectivity index (χ1) is 9.08. The number of carbonyl (C=O) groups excluding carboxylic acids is 2. The highest BCUT2D eigenvalue weighted by molar-refractivity contribution is 7.14. The summed E-state index contributed by atoms with van der Waals surface area (Å²) in [4.78, 5) is 24.7. The molecular weight excluding hydrogens is 262 g/mol. The van der Waals surface area contributed by atoms with Crippen LogP contribution in [0.4, 0.5) is 0 Å². The predicted octanol–water partition coefficient (Wildman–Crippen LogP) is 0.313. The summed E-state index contributed by atoms with van der Waals surface area (Å²) in [6, 6.07) is 2.89. The Morgan fingerprint density at radius 2 is 2.21 bits per heavy atom. The molecule has 0 aliphatic carbocycles. The second-order valence-electron chi connectivity index (χ2n) is 3.76. The van der Waals surface area contributed by atoms with Crippen LogP contribution in [0.1, 0.15) is 28.4 Å². The van der Waals surface area contributed by atoms with Gasteiger partial charge in [-0.1, -0.05) is 11.8 Å². The number of carbonyl (C=O) groups is 2. The zero-order chi connectivity index (χ0) is 14.3. The fourth-order valence-electron chi connectivity index (χ4n) is 1.33. The van der Waals surface area contributed by atoms with Crippen LogP contribution < -0.4 is 16.4 Å². The number of thiophene rings is 1. The first-order valence-electron chi connectivity index (χ1n) is 5.95. The summed E-state index contributed by atoms with van der Waals surface area (Å²) in [6.07, 6.45) is 0. The molecule has 0 saturated heterocycles. The molecule has 1 unspecified atom stereocenters. The van der Waals surface area contributed by atoms with Gasteiger partial charge >= 0.3 is 0 Å². The van der Waals surface area contributed by atoms with E-state index >= 15 is 0 Å². The summed E-state index contributed by atoms with van der Waals surface area (Å²) in [5, 5.41) is 5.29. The molecule has 1 rings (SSSR count). The van der Waals surface area contributed by atoms with Crippen molar-refractivity contribution in [2.45, 2.75) is 19.9 Å². The maximum atomic E-state index is 11.9. The van der Waals surface area contributed by atoms with Crippen LogP contribution in [0.2, 0.25) is 0 Å². The first kappa shape index (κ1) is 15.2. The Balaban J connectivity index is 2.63. The van der Waals surface area contributed by atoms with Crippen molar-refractivity contribution in [1.82, 2.24) is 10.6 Å². The Hall–Kier alpha value is -1.84. The largest absolute Gasteiger partial charge is 0.355 e. The summed E-state index contributed by atoms with van der Waals surface area (Å²) in [5.41, 5.74) is 5.28. The van der Waals surface area contributed by atoms with E-state index in [1.165, 1.54) is 11.3 Å². The number of hydrogen-bond acceptors (Lipinski definition) is 4. The van der Waals surface area contributed by atoms with E-state index in [1.807, 2.05) is 6.92 Å². The molecule has 1 heterocycles. The van der Waals surface area contributed by atoms with Crippen LogP contribution in [0.25, 0.3) is 0 Å². The zero-order valence-corrected chi connectivity index (χ0v) is 11.8. The van der Waals surface area contributed by atoms with Gasteiger partial charge in [0.05, 0.1) is 16.3 Å². The van der Waals surface area contributed by atoms with Crippen molar-refractivity contribution in [2.24, 2.45) is 5.73 Å².